The molecule has 2 aliphatic rings. The maximum Gasteiger partial charge on any atom is 0.416 e. The van der Waals surface area contributed by atoms with E-state index in [0.29, 0.717) is 29.9 Å². The Bertz CT molecular complexity index is 1700. The number of rotatable bonds is 5. The average Bonchev–Trinajstić information content (AvgIpc) is 3.33. The molecule has 198 valence electrons. The highest BCUT2D eigenvalue weighted by atomic mass is 32.1. The molecule has 1 amide bonds. The molecule has 1 aliphatic heterocycles. The van der Waals surface area contributed by atoms with Crippen LogP contribution >= 0.6 is 11.3 Å². The Morgan fingerprint density at radius 3 is 2.46 bits per heavy atom. The van der Waals surface area contributed by atoms with Crippen molar-refractivity contribution < 1.29 is 18.0 Å². The second-order valence-corrected chi connectivity index (χ2v) is 11.5. The van der Waals surface area contributed by atoms with E-state index in [-0.39, 0.29) is 17.7 Å². The minimum absolute atomic E-state index is 0.185. The largest absolute Gasteiger partial charge is 0.416 e. The summed E-state index contributed by atoms with van der Waals surface area (Å²) in [7, 11) is 0. The van der Waals surface area contributed by atoms with E-state index in [2.05, 4.69) is 11.1 Å². The van der Waals surface area contributed by atoms with Gasteiger partial charge in [0.2, 0.25) is 5.91 Å². The Morgan fingerprint density at radius 2 is 1.69 bits per heavy atom. The smallest absolute Gasteiger partial charge is 0.342 e. The van der Waals surface area contributed by atoms with E-state index in [1.807, 2.05) is 51.4 Å². The lowest BCUT2D eigenvalue weighted by atomic mass is 10.0. The van der Waals surface area contributed by atoms with Crippen LogP contribution in [0.15, 0.2) is 66.2 Å². The number of amides is 1. The molecule has 0 radical (unpaired) electrons. The predicted octanol–water partition coefficient (Wildman–Crippen LogP) is 7.26. The van der Waals surface area contributed by atoms with E-state index in [9.17, 15) is 18.0 Å². The quantitative estimate of drug-likeness (QED) is 0.233. The molecule has 7 rings (SSSR count). The summed E-state index contributed by atoms with van der Waals surface area (Å²) in [5.41, 5.74) is 6.05. The number of carbonyl (C=O) groups is 1. The minimum atomic E-state index is -4.44. The van der Waals surface area contributed by atoms with Crippen molar-refractivity contribution in [3.63, 3.8) is 0 Å². The van der Waals surface area contributed by atoms with E-state index >= 15 is 0 Å². The van der Waals surface area contributed by atoms with Gasteiger partial charge in [-0.15, -0.1) is 11.3 Å². The first-order valence-electron chi connectivity index (χ1n) is 13.1. The molecule has 0 bridgehead atoms. The maximum absolute atomic E-state index is 13.5. The van der Waals surface area contributed by atoms with Crippen molar-refractivity contribution in [2.75, 3.05) is 13.1 Å². The Kier molecular flexibility index (Phi) is 5.73. The number of thiazole rings is 1. The Labute approximate surface area is 226 Å². The Hall–Kier alpha value is -3.72. The van der Waals surface area contributed by atoms with Gasteiger partial charge in [0.05, 0.1) is 32.3 Å². The van der Waals surface area contributed by atoms with Crippen LogP contribution < -0.4 is 0 Å². The van der Waals surface area contributed by atoms with Crippen LogP contribution in [0.4, 0.5) is 13.2 Å². The number of aromatic nitrogens is 3. The lowest BCUT2D eigenvalue weighted by Gasteiger charge is -2.18. The molecular formula is C30H25F3N4OS. The first kappa shape index (κ1) is 24.3. The van der Waals surface area contributed by atoms with Crippen LogP contribution in [-0.4, -0.2) is 38.4 Å². The van der Waals surface area contributed by atoms with Gasteiger partial charge in [0, 0.05) is 31.1 Å². The van der Waals surface area contributed by atoms with E-state index < -0.39 is 11.7 Å². The fourth-order valence-electron chi connectivity index (χ4n) is 5.59. The zero-order valence-corrected chi connectivity index (χ0v) is 21.8. The van der Waals surface area contributed by atoms with E-state index in [1.165, 1.54) is 6.07 Å². The van der Waals surface area contributed by atoms with Crippen molar-refractivity contribution in [3.05, 3.63) is 71.7 Å². The van der Waals surface area contributed by atoms with Gasteiger partial charge in [-0.1, -0.05) is 30.3 Å². The number of benzene rings is 3. The normalized spacial score (nSPS) is 17.9. The summed E-state index contributed by atoms with van der Waals surface area (Å²) < 4.78 is 43.6. The fraction of sp³-hybridized carbons (Fsp3) is 0.300. The Morgan fingerprint density at radius 1 is 0.923 bits per heavy atom. The van der Waals surface area contributed by atoms with Crippen LogP contribution in [0.5, 0.6) is 0 Å². The number of likely N-dealkylation sites (tertiary alicyclic amines) is 1. The zero-order valence-electron chi connectivity index (χ0n) is 21.0. The lowest BCUT2D eigenvalue weighted by Crippen LogP contribution is -2.30. The van der Waals surface area contributed by atoms with Gasteiger partial charge in [-0.2, -0.15) is 13.2 Å². The zero-order chi connectivity index (χ0) is 26.7. The van der Waals surface area contributed by atoms with Crippen LogP contribution in [0.1, 0.15) is 24.8 Å². The molecule has 2 aromatic heterocycles. The summed E-state index contributed by atoms with van der Waals surface area (Å²) in [5, 5.41) is 0. The molecule has 0 N–H and O–H groups in total. The van der Waals surface area contributed by atoms with Crippen molar-refractivity contribution in [1.29, 1.82) is 0 Å². The third kappa shape index (κ3) is 4.58. The van der Waals surface area contributed by atoms with Gasteiger partial charge in [-0.3, -0.25) is 4.79 Å². The van der Waals surface area contributed by atoms with E-state index in [0.717, 1.165) is 64.8 Å². The number of alkyl halides is 3. The maximum atomic E-state index is 13.5. The minimum Gasteiger partial charge on any atom is -0.342 e. The van der Waals surface area contributed by atoms with Crippen molar-refractivity contribution >= 4 is 38.5 Å². The number of hydrogen-bond donors (Lipinski definition) is 0. The van der Waals surface area contributed by atoms with Crippen LogP contribution in [0, 0.1) is 11.8 Å². The topological polar surface area (TPSA) is 51.0 Å². The molecular weight excluding hydrogens is 521 g/mol. The first-order valence-corrected chi connectivity index (χ1v) is 14.0. The molecule has 5 nitrogen and oxygen atoms in total. The van der Waals surface area contributed by atoms with Crippen molar-refractivity contribution in [3.8, 4) is 22.5 Å². The highest BCUT2D eigenvalue weighted by Crippen LogP contribution is 2.36. The van der Waals surface area contributed by atoms with Crippen LogP contribution in [0.3, 0.4) is 0 Å². The number of carbonyl (C=O) groups excluding carboxylic acids is 1. The van der Waals surface area contributed by atoms with E-state index in [4.69, 9.17) is 4.98 Å². The summed E-state index contributed by atoms with van der Waals surface area (Å²) in [4.78, 5) is 23.6. The van der Waals surface area contributed by atoms with Crippen molar-refractivity contribution in [2.24, 2.45) is 11.8 Å². The summed E-state index contributed by atoms with van der Waals surface area (Å²) in [5.74, 6) is 1.29. The van der Waals surface area contributed by atoms with Gasteiger partial charge in [-0.25, -0.2) is 9.97 Å². The van der Waals surface area contributed by atoms with Gasteiger partial charge in [0.1, 0.15) is 5.82 Å². The van der Waals surface area contributed by atoms with Gasteiger partial charge in [0.15, 0.2) is 0 Å². The number of hydrogen-bond acceptors (Lipinski definition) is 4. The lowest BCUT2D eigenvalue weighted by molar-refractivity contribution is -0.137. The standard InChI is InChI=1S/C30H25F3N4OS/c31-30(32,33)23-8-10-26-25(14-23)35-28(37(26)16-18-11-12-36(15-18)29(38)21-5-6-21)20-3-1-19(2-4-20)22-7-9-24-27(13-22)39-17-34-24/h1-4,7-10,13-14,17-18,21H,5-6,11-12,15-16H2. The van der Waals surface area contributed by atoms with Crippen LogP contribution in [0.2, 0.25) is 0 Å². The molecule has 1 unspecified atom stereocenters. The van der Waals surface area contributed by atoms with Crippen LogP contribution in [-0.2, 0) is 17.5 Å². The SMILES string of the molecule is O=C(C1CC1)N1CCC(Cn2c(-c3ccc(-c4ccc5ncsc5c4)cc3)nc3cc(C(F)(F)F)ccc32)C1. The molecule has 39 heavy (non-hydrogen) atoms. The molecule has 2 fully saturated rings. The molecule has 3 heterocycles. The Balaban J connectivity index is 1.24. The molecule has 5 aromatic rings. The predicted molar refractivity (Wildman–Crippen MR) is 146 cm³/mol. The first-order chi connectivity index (χ1) is 18.8. The van der Waals surface area contributed by atoms with Crippen LogP contribution in [0.25, 0.3) is 43.8 Å². The van der Waals surface area contributed by atoms with Crippen molar-refractivity contribution in [1.82, 2.24) is 19.4 Å². The number of fused-ring (bicyclic) bond motifs is 2. The third-order valence-corrected chi connectivity index (χ3v) is 8.64. The van der Waals surface area contributed by atoms with Gasteiger partial charge in [-0.05, 0) is 66.6 Å². The number of imidazole rings is 1. The third-order valence-electron chi connectivity index (χ3n) is 7.85. The number of nitrogens with zero attached hydrogens (tertiary/aromatic N) is 4. The second-order valence-electron chi connectivity index (χ2n) is 10.6. The summed E-state index contributed by atoms with van der Waals surface area (Å²) in [6.45, 7) is 2.00. The van der Waals surface area contributed by atoms with Crippen molar-refractivity contribution in [2.45, 2.75) is 32.0 Å². The van der Waals surface area contributed by atoms with E-state index in [1.54, 1.807) is 11.3 Å². The summed E-state index contributed by atoms with van der Waals surface area (Å²) in [6.07, 6.45) is -1.61. The monoisotopic (exact) mass is 546 g/mol. The molecule has 3 aromatic carbocycles. The fourth-order valence-corrected chi connectivity index (χ4v) is 6.30. The molecule has 9 heteroatoms. The molecule has 1 saturated carbocycles. The molecule has 1 atom stereocenters. The molecule has 1 saturated heterocycles. The average molecular weight is 547 g/mol. The highest BCUT2D eigenvalue weighted by Gasteiger charge is 2.37. The highest BCUT2D eigenvalue weighted by molar-refractivity contribution is 7.16. The second kappa shape index (κ2) is 9.19. The molecule has 0 spiro atoms. The van der Waals surface area contributed by atoms with Gasteiger partial charge >= 0.3 is 6.18 Å². The summed E-state index contributed by atoms with van der Waals surface area (Å²) in [6, 6.07) is 17.9. The van der Waals surface area contributed by atoms with Gasteiger partial charge in [0.25, 0.3) is 0 Å². The molecule has 1 aliphatic carbocycles. The number of halogens is 3. The summed E-state index contributed by atoms with van der Waals surface area (Å²) >= 11 is 1.60. The van der Waals surface area contributed by atoms with Gasteiger partial charge < -0.3 is 9.47 Å².